The van der Waals surface area contributed by atoms with E-state index in [4.69, 9.17) is 0 Å². The lowest BCUT2D eigenvalue weighted by Gasteiger charge is -2.31. The summed E-state index contributed by atoms with van der Waals surface area (Å²) >= 11 is 0. The van der Waals surface area contributed by atoms with Gasteiger partial charge in [0.05, 0.1) is 6.54 Å². The molecule has 3 amide bonds. The zero-order valence-corrected chi connectivity index (χ0v) is 16.2. The molecule has 26 heavy (non-hydrogen) atoms. The minimum Gasteiger partial charge on any atom is -0.376 e. The average Bonchev–Trinajstić information content (AvgIpc) is 2.61. The van der Waals surface area contributed by atoms with Gasteiger partial charge in [0.1, 0.15) is 0 Å². The van der Waals surface area contributed by atoms with Crippen LogP contribution in [0.3, 0.4) is 0 Å². The zero-order valence-electron chi connectivity index (χ0n) is 16.2. The lowest BCUT2D eigenvalue weighted by molar-refractivity contribution is -0.118. The Kier molecular flexibility index (Phi) is 7.91. The van der Waals surface area contributed by atoms with E-state index in [2.05, 4.69) is 34.0 Å². The molecular weight excluding hydrogens is 328 g/mol. The molecule has 0 radical (unpaired) electrons. The van der Waals surface area contributed by atoms with Gasteiger partial charge in [0.25, 0.3) is 0 Å². The Morgan fingerprint density at radius 1 is 1.15 bits per heavy atom. The molecule has 3 N–H and O–H groups in total. The zero-order chi connectivity index (χ0) is 18.9. The maximum absolute atomic E-state index is 11.9. The van der Waals surface area contributed by atoms with Crippen molar-refractivity contribution in [1.82, 2.24) is 15.5 Å². The Morgan fingerprint density at radius 2 is 1.85 bits per heavy atom. The Bertz CT molecular complexity index is 597. The van der Waals surface area contributed by atoms with Crippen LogP contribution in [0, 0.1) is 0 Å². The van der Waals surface area contributed by atoms with E-state index in [-0.39, 0.29) is 18.5 Å². The lowest BCUT2D eigenvalue weighted by Crippen LogP contribution is -2.44. The molecule has 144 valence electrons. The second kappa shape index (κ2) is 10.2. The maximum Gasteiger partial charge on any atom is 0.321 e. The van der Waals surface area contributed by atoms with Crippen molar-refractivity contribution in [3.63, 3.8) is 0 Å². The highest BCUT2D eigenvalue weighted by molar-refractivity contribution is 5.96. The average molecular weight is 361 g/mol. The molecule has 0 unspecified atom stereocenters. The molecule has 6 nitrogen and oxygen atoms in total. The normalized spacial score (nSPS) is 15.1. The molecule has 1 aliphatic rings. The van der Waals surface area contributed by atoms with Crippen molar-refractivity contribution in [3.05, 3.63) is 29.8 Å². The standard InChI is InChI=1S/C20H32N4O2/c1-15(2)22-20(26)23-19(25)13-21-18-12-8-7-9-16(18)14-24(3)17-10-5-4-6-11-17/h7-9,12,15,17,21H,4-6,10-11,13-14H2,1-3H3,(H2,22,23,25,26). The summed E-state index contributed by atoms with van der Waals surface area (Å²) in [6.45, 7) is 4.61. The number of carbonyl (C=O) groups excluding carboxylic acids is 2. The van der Waals surface area contributed by atoms with E-state index in [1.54, 1.807) is 0 Å². The van der Waals surface area contributed by atoms with Crippen LogP contribution in [0.25, 0.3) is 0 Å². The summed E-state index contributed by atoms with van der Waals surface area (Å²) < 4.78 is 0. The quantitative estimate of drug-likeness (QED) is 0.699. The predicted molar refractivity (Wildman–Crippen MR) is 105 cm³/mol. The first-order chi connectivity index (χ1) is 12.5. The molecule has 0 atom stereocenters. The third-order valence-electron chi connectivity index (χ3n) is 4.75. The van der Waals surface area contributed by atoms with Crippen molar-refractivity contribution in [1.29, 1.82) is 0 Å². The number of imide groups is 1. The lowest BCUT2D eigenvalue weighted by atomic mass is 9.94. The predicted octanol–water partition coefficient (Wildman–Crippen LogP) is 3.10. The van der Waals surface area contributed by atoms with Crippen LogP contribution in [0.4, 0.5) is 10.5 Å². The van der Waals surface area contributed by atoms with Crippen LogP contribution >= 0.6 is 0 Å². The number of urea groups is 1. The number of nitrogens with zero attached hydrogens (tertiary/aromatic N) is 1. The van der Waals surface area contributed by atoms with Crippen molar-refractivity contribution in [2.75, 3.05) is 18.9 Å². The number of hydrogen-bond donors (Lipinski definition) is 3. The summed E-state index contributed by atoms with van der Waals surface area (Å²) in [5.41, 5.74) is 2.11. The molecule has 0 aromatic heterocycles. The van der Waals surface area contributed by atoms with E-state index in [1.807, 2.05) is 32.0 Å². The maximum atomic E-state index is 11.9. The number of amides is 3. The summed E-state index contributed by atoms with van der Waals surface area (Å²) in [6, 6.07) is 8.21. The molecule has 1 fully saturated rings. The molecule has 0 heterocycles. The van der Waals surface area contributed by atoms with Gasteiger partial charge in [0, 0.05) is 24.3 Å². The Hall–Kier alpha value is -2.08. The molecule has 0 bridgehead atoms. The van der Waals surface area contributed by atoms with E-state index >= 15 is 0 Å². The molecule has 6 heteroatoms. The van der Waals surface area contributed by atoms with Crippen molar-refractivity contribution >= 4 is 17.6 Å². The van der Waals surface area contributed by atoms with Crippen LogP contribution in [-0.4, -0.2) is 42.5 Å². The molecule has 1 aromatic rings. The fourth-order valence-corrected chi connectivity index (χ4v) is 3.39. The summed E-state index contributed by atoms with van der Waals surface area (Å²) in [7, 11) is 2.18. The second-order valence-electron chi connectivity index (χ2n) is 7.39. The summed E-state index contributed by atoms with van der Waals surface area (Å²) in [5, 5.41) is 8.13. The smallest absolute Gasteiger partial charge is 0.321 e. The van der Waals surface area contributed by atoms with Gasteiger partial charge in [0.2, 0.25) is 5.91 Å². The number of rotatable bonds is 7. The van der Waals surface area contributed by atoms with E-state index in [0.29, 0.717) is 6.04 Å². The topological polar surface area (TPSA) is 73.5 Å². The summed E-state index contributed by atoms with van der Waals surface area (Å²) in [6.07, 6.45) is 6.50. The summed E-state index contributed by atoms with van der Waals surface area (Å²) in [5.74, 6) is -0.349. The van der Waals surface area contributed by atoms with Gasteiger partial charge in [-0.2, -0.15) is 0 Å². The Labute approximate surface area is 156 Å². The van der Waals surface area contributed by atoms with E-state index in [9.17, 15) is 9.59 Å². The van der Waals surface area contributed by atoms with Gasteiger partial charge in [-0.25, -0.2) is 4.79 Å². The van der Waals surface area contributed by atoms with Crippen LogP contribution < -0.4 is 16.0 Å². The van der Waals surface area contributed by atoms with Crippen molar-refractivity contribution in [2.24, 2.45) is 0 Å². The third kappa shape index (κ3) is 6.67. The van der Waals surface area contributed by atoms with Crippen LogP contribution in [0.2, 0.25) is 0 Å². The van der Waals surface area contributed by atoms with Gasteiger partial charge < -0.3 is 10.6 Å². The molecule has 1 saturated carbocycles. The molecular formula is C20H32N4O2. The largest absolute Gasteiger partial charge is 0.376 e. The molecule has 1 aliphatic carbocycles. The minimum absolute atomic E-state index is 0.00758. The number of para-hydroxylation sites is 1. The number of hydrogen-bond acceptors (Lipinski definition) is 4. The van der Waals surface area contributed by atoms with Gasteiger partial charge in [-0.15, -0.1) is 0 Å². The first kappa shape index (κ1) is 20.2. The third-order valence-corrected chi connectivity index (χ3v) is 4.75. The fourth-order valence-electron chi connectivity index (χ4n) is 3.39. The Morgan fingerprint density at radius 3 is 2.54 bits per heavy atom. The van der Waals surface area contributed by atoms with Crippen LogP contribution in [0.1, 0.15) is 51.5 Å². The van der Waals surface area contributed by atoms with Crippen molar-refractivity contribution in [3.8, 4) is 0 Å². The fraction of sp³-hybridized carbons (Fsp3) is 0.600. The van der Waals surface area contributed by atoms with Crippen molar-refractivity contribution < 1.29 is 9.59 Å². The van der Waals surface area contributed by atoms with Gasteiger partial charge in [-0.1, -0.05) is 37.5 Å². The monoisotopic (exact) mass is 360 g/mol. The number of nitrogens with one attached hydrogen (secondary N) is 3. The van der Waals surface area contributed by atoms with Crippen LogP contribution in [-0.2, 0) is 11.3 Å². The van der Waals surface area contributed by atoms with Gasteiger partial charge in [-0.3, -0.25) is 15.0 Å². The number of anilines is 1. The molecule has 0 aliphatic heterocycles. The van der Waals surface area contributed by atoms with Gasteiger partial charge in [-0.05, 0) is 45.4 Å². The summed E-state index contributed by atoms with van der Waals surface area (Å²) in [4.78, 5) is 25.9. The SMILES string of the molecule is CC(C)NC(=O)NC(=O)CNc1ccccc1CN(C)C1CCCCC1. The first-order valence-corrected chi connectivity index (χ1v) is 9.58. The highest BCUT2D eigenvalue weighted by Crippen LogP contribution is 2.24. The second-order valence-corrected chi connectivity index (χ2v) is 7.39. The highest BCUT2D eigenvalue weighted by Gasteiger charge is 2.19. The highest BCUT2D eigenvalue weighted by atomic mass is 16.2. The molecule has 2 rings (SSSR count). The van der Waals surface area contributed by atoms with Gasteiger partial charge >= 0.3 is 6.03 Å². The number of benzene rings is 1. The van der Waals surface area contributed by atoms with E-state index in [0.717, 1.165) is 12.2 Å². The van der Waals surface area contributed by atoms with Crippen LogP contribution in [0.5, 0.6) is 0 Å². The van der Waals surface area contributed by atoms with E-state index in [1.165, 1.54) is 37.7 Å². The van der Waals surface area contributed by atoms with E-state index < -0.39 is 6.03 Å². The molecule has 0 saturated heterocycles. The molecule has 0 spiro atoms. The molecule has 1 aromatic carbocycles. The van der Waals surface area contributed by atoms with Gasteiger partial charge in [0.15, 0.2) is 0 Å². The first-order valence-electron chi connectivity index (χ1n) is 9.58. The Balaban J connectivity index is 1.87. The number of carbonyl (C=O) groups is 2. The van der Waals surface area contributed by atoms with Crippen LogP contribution in [0.15, 0.2) is 24.3 Å². The minimum atomic E-state index is -0.461. The van der Waals surface area contributed by atoms with Crippen molar-refractivity contribution in [2.45, 2.75) is 64.6 Å².